The van der Waals surface area contributed by atoms with Crippen LogP contribution in [0.2, 0.25) is 0 Å². The molecule has 1 heterocycles. The predicted molar refractivity (Wildman–Crippen MR) is 64.8 cm³/mol. The quantitative estimate of drug-likeness (QED) is 0.797. The van der Waals surface area contributed by atoms with E-state index in [0.29, 0.717) is 5.75 Å². The molecule has 1 unspecified atom stereocenters. The monoisotopic (exact) mass is 227 g/mol. The van der Waals surface area contributed by atoms with E-state index in [9.17, 15) is 5.11 Å². The highest BCUT2D eigenvalue weighted by Crippen LogP contribution is 2.34. The highest BCUT2D eigenvalue weighted by atomic mass is 35.5. The maximum atomic E-state index is 9.44. The fraction of sp³-hybridized carbons (Fsp3) is 0.500. The molecule has 1 aromatic rings. The number of phenolic OH excluding ortho intramolecular Hbond substituents is 1. The lowest BCUT2D eigenvalue weighted by Gasteiger charge is -2.24. The van der Waals surface area contributed by atoms with Gasteiger partial charge in [-0.3, -0.25) is 0 Å². The number of halogens is 1. The summed E-state index contributed by atoms with van der Waals surface area (Å²) in [5, 5.41) is 9.44. The number of benzene rings is 1. The van der Waals surface area contributed by atoms with E-state index in [1.807, 2.05) is 12.1 Å². The summed E-state index contributed by atoms with van der Waals surface area (Å²) in [7, 11) is 2.15. The molecule has 1 aliphatic rings. The van der Waals surface area contributed by atoms with Crippen LogP contribution in [0.4, 0.5) is 0 Å². The second-order valence-corrected chi connectivity index (χ2v) is 4.60. The summed E-state index contributed by atoms with van der Waals surface area (Å²) in [6.45, 7) is 4.49. The summed E-state index contributed by atoms with van der Waals surface area (Å²) in [6.07, 6.45) is 1.17. The van der Waals surface area contributed by atoms with Crippen LogP contribution < -0.4 is 0 Å². The summed E-state index contributed by atoms with van der Waals surface area (Å²) >= 11 is 0. The van der Waals surface area contributed by atoms with Crippen LogP contribution in [0.3, 0.4) is 0 Å². The summed E-state index contributed by atoms with van der Waals surface area (Å²) in [5.41, 5.74) is 1.47. The lowest BCUT2D eigenvalue weighted by atomic mass is 9.82. The number of hydrogen-bond donors (Lipinski definition) is 1. The van der Waals surface area contributed by atoms with Gasteiger partial charge >= 0.3 is 0 Å². The molecule has 15 heavy (non-hydrogen) atoms. The fourth-order valence-corrected chi connectivity index (χ4v) is 2.31. The minimum absolute atomic E-state index is 0. The molecule has 2 rings (SSSR count). The molecule has 1 saturated heterocycles. The molecule has 1 aromatic carbocycles. The van der Waals surface area contributed by atoms with Crippen LogP contribution in [0.5, 0.6) is 5.75 Å². The highest BCUT2D eigenvalue weighted by Gasteiger charge is 2.33. The average molecular weight is 228 g/mol. The zero-order chi connectivity index (χ0) is 10.2. The van der Waals surface area contributed by atoms with E-state index in [2.05, 4.69) is 24.9 Å². The smallest absolute Gasteiger partial charge is 0.115 e. The zero-order valence-corrected chi connectivity index (χ0v) is 10.0. The first-order valence-corrected chi connectivity index (χ1v) is 5.08. The van der Waals surface area contributed by atoms with Crippen LogP contribution >= 0.6 is 12.4 Å². The van der Waals surface area contributed by atoms with E-state index in [1.165, 1.54) is 12.0 Å². The largest absolute Gasteiger partial charge is 0.508 e. The summed E-state index contributed by atoms with van der Waals surface area (Å²) in [6, 6.07) is 7.65. The number of hydrogen-bond acceptors (Lipinski definition) is 2. The lowest BCUT2D eigenvalue weighted by molar-refractivity contribution is 0.380. The van der Waals surface area contributed by atoms with E-state index in [0.717, 1.165) is 13.1 Å². The Bertz CT molecular complexity index is 342. The molecular weight excluding hydrogens is 210 g/mol. The third-order valence-corrected chi connectivity index (χ3v) is 3.21. The first kappa shape index (κ1) is 12.3. The van der Waals surface area contributed by atoms with E-state index < -0.39 is 0 Å². The molecule has 0 aliphatic carbocycles. The number of phenols is 1. The molecule has 0 aromatic heterocycles. The van der Waals surface area contributed by atoms with Gasteiger partial charge in [0.2, 0.25) is 0 Å². The van der Waals surface area contributed by atoms with Gasteiger partial charge in [-0.15, -0.1) is 12.4 Å². The molecule has 0 bridgehead atoms. The number of likely N-dealkylation sites (tertiary alicyclic amines) is 1. The molecule has 2 nitrogen and oxygen atoms in total. The van der Waals surface area contributed by atoms with Crippen molar-refractivity contribution in [1.82, 2.24) is 4.90 Å². The molecule has 84 valence electrons. The third kappa shape index (κ3) is 2.44. The van der Waals surface area contributed by atoms with Gasteiger partial charge in [0.25, 0.3) is 0 Å². The maximum Gasteiger partial charge on any atom is 0.115 e. The summed E-state index contributed by atoms with van der Waals surface area (Å²) in [4.78, 5) is 2.34. The Balaban J connectivity index is 0.00000112. The van der Waals surface area contributed by atoms with Crippen LogP contribution in [0.15, 0.2) is 24.3 Å². The van der Waals surface area contributed by atoms with Gasteiger partial charge in [0.05, 0.1) is 0 Å². The van der Waals surface area contributed by atoms with E-state index in [-0.39, 0.29) is 17.8 Å². The second kappa shape index (κ2) is 4.42. The SMILES string of the molecule is CN1CCC(C)(c2cccc(O)c2)C1.Cl. The molecule has 1 atom stereocenters. The maximum absolute atomic E-state index is 9.44. The summed E-state index contributed by atoms with van der Waals surface area (Å²) < 4.78 is 0. The van der Waals surface area contributed by atoms with E-state index in [4.69, 9.17) is 0 Å². The van der Waals surface area contributed by atoms with Gasteiger partial charge in [-0.1, -0.05) is 19.1 Å². The molecule has 0 radical (unpaired) electrons. The molecule has 0 spiro atoms. The van der Waals surface area contributed by atoms with Gasteiger partial charge in [0, 0.05) is 12.0 Å². The normalized spacial score (nSPS) is 26.3. The number of aromatic hydroxyl groups is 1. The summed E-state index contributed by atoms with van der Waals surface area (Å²) in [5.74, 6) is 0.373. The highest BCUT2D eigenvalue weighted by molar-refractivity contribution is 5.85. The second-order valence-electron chi connectivity index (χ2n) is 4.60. The van der Waals surface area contributed by atoms with Crippen LogP contribution in [-0.2, 0) is 5.41 Å². The Hall–Kier alpha value is -0.730. The number of nitrogens with zero attached hydrogens (tertiary/aromatic N) is 1. The minimum atomic E-state index is 0. The van der Waals surface area contributed by atoms with Crippen molar-refractivity contribution in [3.05, 3.63) is 29.8 Å². The zero-order valence-electron chi connectivity index (χ0n) is 9.23. The van der Waals surface area contributed by atoms with Crippen LogP contribution in [0, 0.1) is 0 Å². The molecule has 1 N–H and O–H groups in total. The minimum Gasteiger partial charge on any atom is -0.508 e. The first-order valence-electron chi connectivity index (χ1n) is 5.08. The topological polar surface area (TPSA) is 23.5 Å². The van der Waals surface area contributed by atoms with Crippen molar-refractivity contribution in [2.45, 2.75) is 18.8 Å². The standard InChI is InChI=1S/C12H17NO.ClH/c1-12(6-7-13(2)9-12)10-4-3-5-11(14)8-10;/h3-5,8,14H,6-7,9H2,1-2H3;1H. The molecular formula is C12H18ClNO. The van der Waals surface area contributed by atoms with Crippen LogP contribution in [0.25, 0.3) is 0 Å². The average Bonchev–Trinajstić information content (AvgIpc) is 2.48. The Labute approximate surface area is 97.3 Å². The van der Waals surface area contributed by atoms with E-state index in [1.54, 1.807) is 6.07 Å². The fourth-order valence-electron chi connectivity index (χ4n) is 2.31. The Morgan fingerprint density at radius 2 is 2.13 bits per heavy atom. The van der Waals surface area contributed by atoms with Crippen LogP contribution in [0.1, 0.15) is 18.9 Å². The van der Waals surface area contributed by atoms with Crippen molar-refractivity contribution >= 4 is 12.4 Å². The van der Waals surface area contributed by atoms with Gasteiger partial charge in [0.1, 0.15) is 5.75 Å². The van der Waals surface area contributed by atoms with Gasteiger partial charge in [-0.05, 0) is 37.7 Å². The van der Waals surface area contributed by atoms with Crippen molar-refractivity contribution in [2.24, 2.45) is 0 Å². The first-order chi connectivity index (χ1) is 6.60. The van der Waals surface area contributed by atoms with Crippen molar-refractivity contribution < 1.29 is 5.11 Å². The van der Waals surface area contributed by atoms with Gasteiger partial charge in [0.15, 0.2) is 0 Å². The van der Waals surface area contributed by atoms with Crippen molar-refractivity contribution in [3.63, 3.8) is 0 Å². The van der Waals surface area contributed by atoms with Crippen molar-refractivity contribution in [1.29, 1.82) is 0 Å². The molecule has 0 saturated carbocycles. The van der Waals surface area contributed by atoms with Crippen molar-refractivity contribution in [2.75, 3.05) is 20.1 Å². The van der Waals surface area contributed by atoms with Crippen LogP contribution in [-0.4, -0.2) is 30.1 Å². The van der Waals surface area contributed by atoms with Gasteiger partial charge in [-0.2, -0.15) is 0 Å². The van der Waals surface area contributed by atoms with Gasteiger partial charge < -0.3 is 10.0 Å². The lowest BCUT2D eigenvalue weighted by Crippen LogP contribution is -2.25. The van der Waals surface area contributed by atoms with E-state index >= 15 is 0 Å². The number of likely N-dealkylation sites (N-methyl/N-ethyl adjacent to an activating group) is 1. The molecule has 1 aliphatic heterocycles. The Morgan fingerprint density at radius 1 is 1.40 bits per heavy atom. The van der Waals surface area contributed by atoms with Crippen molar-refractivity contribution in [3.8, 4) is 5.75 Å². The number of rotatable bonds is 1. The Morgan fingerprint density at radius 3 is 2.67 bits per heavy atom. The molecule has 0 amide bonds. The Kier molecular flexibility index (Phi) is 3.63. The predicted octanol–water partition coefficient (Wildman–Crippen LogP) is 2.41. The molecule has 3 heteroatoms. The molecule has 1 fully saturated rings. The van der Waals surface area contributed by atoms with Gasteiger partial charge in [-0.25, -0.2) is 0 Å². The third-order valence-electron chi connectivity index (χ3n) is 3.21.